The van der Waals surface area contributed by atoms with Crippen LogP contribution >= 0.6 is 23.2 Å². The largest absolute Gasteiger partial charge is 0.497 e. The quantitative estimate of drug-likeness (QED) is 0.420. The average molecular weight is 523 g/mol. The van der Waals surface area contributed by atoms with Crippen molar-refractivity contribution >= 4 is 44.8 Å². The second-order valence-corrected chi connectivity index (χ2v) is 10.2. The lowest BCUT2D eigenvalue weighted by atomic mass is 10.2. The van der Waals surface area contributed by atoms with Gasteiger partial charge in [-0.15, -0.1) is 0 Å². The van der Waals surface area contributed by atoms with E-state index in [9.17, 15) is 13.2 Å². The lowest BCUT2D eigenvalue weighted by Gasteiger charge is -2.23. The Balaban J connectivity index is 1.92. The zero-order chi connectivity index (χ0) is 24.9. The fraction of sp³-hybridized carbons (Fsp3) is 0.208. The van der Waals surface area contributed by atoms with E-state index in [-0.39, 0.29) is 11.4 Å². The molecule has 7 nitrogen and oxygen atoms in total. The number of ether oxygens (including phenoxy) is 2. The summed E-state index contributed by atoms with van der Waals surface area (Å²) in [5, 5.41) is 3.43. The van der Waals surface area contributed by atoms with E-state index in [1.807, 2.05) is 6.92 Å². The van der Waals surface area contributed by atoms with E-state index < -0.39 is 22.5 Å². The van der Waals surface area contributed by atoms with Gasteiger partial charge in [-0.2, -0.15) is 4.31 Å². The van der Waals surface area contributed by atoms with Gasteiger partial charge in [-0.3, -0.25) is 4.79 Å². The molecule has 0 bridgehead atoms. The number of nitrogens with zero attached hydrogens (tertiary/aromatic N) is 1. The molecule has 3 aromatic carbocycles. The van der Waals surface area contributed by atoms with E-state index in [0.29, 0.717) is 32.8 Å². The first-order valence-corrected chi connectivity index (χ1v) is 12.4. The summed E-state index contributed by atoms with van der Waals surface area (Å²) in [5.74, 6) is 0.376. The van der Waals surface area contributed by atoms with E-state index >= 15 is 0 Å². The molecule has 0 spiro atoms. The van der Waals surface area contributed by atoms with Crippen molar-refractivity contribution in [1.82, 2.24) is 4.31 Å². The molecular formula is C24H24Cl2N2O5S. The van der Waals surface area contributed by atoms with Crippen molar-refractivity contribution in [3.8, 4) is 11.5 Å². The Bertz CT molecular complexity index is 1280. The van der Waals surface area contributed by atoms with Crippen LogP contribution in [0.2, 0.25) is 10.0 Å². The minimum Gasteiger partial charge on any atom is -0.497 e. The normalized spacial score (nSPS) is 11.4. The van der Waals surface area contributed by atoms with E-state index in [0.717, 1.165) is 9.87 Å². The number of sulfonamides is 1. The number of anilines is 1. The van der Waals surface area contributed by atoms with Crippen LogP contribution in [0.15, 0.2) is 65.6 Å². The number of methoxy groups -OCH3 is 2. The Morgan fingerprint density at radius 3 is 2.29 bits per heavy atom. The van der Waals surface area contributed by atoms with Crippen LogP contribution in [0.4, 0.5) is 5.69 Å². The highest BCUT2D eigenvalue weighted by molar-refractivity contribution is 7.89. The number of hydrogen-bond acceptors (Lipinski definition) is 5. The third-order valence-corrected chi connectivity index (χ3v) is 7.42. The van der Waals surface area contributed by atoms with E-state index in [4.69, 9.17) is 32.7 Å². The molecule has 180 valence electrons. The lowest BCUT2D eigenvalue weighted by Crippen LogP contribution is -2.37. The molecule has 0 fully saturated rings. The number of aryl methyl sites for hydroxylation is 1. The summed E-state index contributed by atoms with van der Waals surface area (Å²) < 4.78 is 38.5. The van der Waals surface area contributed by atoms with Crippen molar-refractivity contribution in [1.29, 1.82) is 0 Å². The summed E-state index contributed by atoms with van der Waals surface area (Å²) in [5.41, 5.74) is 1.80. The number of rotatable bonds is 9. The summed E-state index contributed by atoms with van der Waals surface area (Å²) in [6.45, 7) is 1.28. The second-order valence-electron chi connectivity index (χ2n) is 7.44. The van der Waals surface area contributed by atoms with Gasteiger partial charge < -0.3 is 14.8 Å². The van der Waals surface area contributed by atoms with Gasteiger partial charge in [0.25, 0.3) is 0 Å². The molecule has 0 saturated carbocycles. The molecule has 10 heteroatoms. The van der Waals surface area contributed by atoms with Gasteiger partial charge in [0.1, 0.15) is 11.5 Å². The predicted molar refractivity (Wildman–Crippen MR) is 133 cm³/mol. The van der Waals surface area contributed by atoms with Crippen LogP contribution in [0.25, 0.3) is 0 Å². The molecule has 0 aliphatic rings. The zero-order valence-corrected chi connectivity index (χ0v) is 21.2. The molecule has 3 rings (SSSR count). The minimum atomic E-state index is -4.03. The van der Waals surface area contributed by atoms with Gasteiger partial charge >= 0.3 is 0 Å². The minimum absolute atomic E-state index is 0.0676. The fourth-order valence-corrected chi connectivity index (χ4v) is 5.02. The maximum atomic E-state index is 13.5. The standard InChI is InChI=1S/C24H24Cl2N2O5S/c1-16-4-9-20(10-5-16)34(30,31)28(14-17-6-7-18(25)12-21(17)26)15-24(29)27-22-11-8-19(32-2)13-23(22)33-3/h4-13H,14-15H2,1-3H3,(H,27,29). The van der Waals surface area contributed by atoms with Crippen LogP contribution in [-0.4, -0.2) is 39.4 Å². The molecular weight excluding hydrogens is 499 g/mol. The van der Waals surface area contributed by atoms with Crippen LogP contribution in [0.5, 0.6) is 11.5 Å². The summed E-state index contributed by atoms with van der Waals surface area (Å²) in [6, 6.07) is 16.1. The van der Waals surface area contributed by atoms with Gasteiger partial charge in [-0.25, -0.2) is 8.42 Å². The Hall–Kier alpha value is -2.78. The maximum absolute atomic E-state index is 13.5. The van der Waals surface area contributed by atoms with Crippen LogP contribution in [0.3, 0.4) is 0 Å². The van der Waals surface area contributed by atoms with Gasteiger partial charge in [0, 0.05) is 22.7 Å². The van der Waals surface area contributed by atoms with Crippen molar-refractivity contribution in [2.45, 2.75) is 18.4 Å². The molecule has 0 saturated heterocycles. The maximum Gasteiger partial charge on any atom is 0.243 e. The molecule has 1 N–H and O–H groups in total. The van der Waals surface area contributed by atoms with E-state index in [1.165, 1.54) is 32.4 Å². The van der Waals surface area contributed by atoms with Crippen LogP contribution in [0.1, 0.15) is 11.1 Å². The topological polar surface area (TPSA) is 84.9 Å². The molecule has 1 amide bonds. The van der Waals surface area contributed by atoms with Gasteiger partial charge in [-0.05, 0) is 48.9 Å². The summed E-state index contributed by atoms with van der Waals surface area (Å²) in [7, 11) is -1.05. The first kappa shape index (κ1) is 25.8. The number of amides is 1. The molecule has 0 aromatic heterocycles. The summed E-state index contributed by atoms with van der Waals surface area (Å²) in [6.07, 6.45) is 0. The molecule has 0 unspecified atom stereocenters. The number of carbonyl (C=O) groups is 1. The Kier molecular flexibility index (Phi) is 8.43. The molecule has 3 aromatic rings. The van der Waals surface area contributed by atoms with Gasteiger partial charge in [0.15, 0.2) is 0 Å². The number of nitrogens with one attached hydrogen (secondary N) is 1. The Labute approximate surface area is 209 Å². The molecule has 0 radical (unpaired) electrons. The molecule has 0 atom stereocenters. The van der Waals surface area contributed by atoms with Crippen molar-refractivity contribution in [2.24, 2.45) is 0 Å². The van der Waals surface area contributed by atoms with E-state index in [1.54, 1.807) is 42.5 Å². The van der Waals surface area contributed by atoms with Gasteiger partial charge in [0.2, 0.25) is 15.9 Å². The van der Waals surface area contributed by atoms with Crippen LogP contribution in [0, 0.1) is 6.92 Å². The highest BCUT2D eigenvalue weighted by atomic mass is 35.5. The molecule has 0 aliphatic carbocycles. The first-order chi connectivity index (χ1) is 16.1. The molecule has 0 aliphatic heterocycles. The van der Waals surface area contributed by atoms with Gasteiger partial charge in [0.05, 0.1) is 31.3 Å². The first-order valence-electron chi connectivity index (χ1n) is 10.2. The zero-order valence-electron chi connectivity index (χ0n) is 18.8. The monoisotopic (exact) mass is 522 g/mol. The smallest absolute Gasteiger partial charge is 0.243 e. The highest BCUT2D eigenvalue weighted by Crippen LogP contribution is 2.30. The SMILES string of the molecule is COc1ccc(NC(=O)CN(Cc2ccc(Cl)cc2Cl)S(=O)(=O)c2ccc(C)cc2)c(OC)c1. The van der Waals surface area contributed by atoms with Crippen molar-refractivity contribution in [3.63, 3.8) is 0 Å². The summed E-state index contributed by atoms with van der Waals surface area (Å²) >= 11 is 12.3. The van der Waals surface area contributed by atoms with Crippen molar-refractivity contribution < 1.29 is 22.7 Å². The number of halogens is 2. The lowest BCUT2D eigenvalue weighted by molar-refractivity contribution is -0.116. The second kappa shape index (κ2) is 11.1. The summed E-state index contributed by atoms with van der Waals surface area (Å²) in [4.78, 5) is 13.0. The van der Waals surface area contributed by atoms with Crippen molar-refractivity contribution in [2.75, 3.05) is 26.1 Å². The third kappa shape index (κ3) is 6.21. The van der Waals surface area contributed by atoms with Crippen LogP contribution < -0.4 is 14.8 Å². The number of benzene rings is 3. The van der Waals surface area contributed by atoms with Crippen LogP contribution in [-0.2, 0) is 21.4 Å². The van der Waals surface area contributed by atoms with Gasteiger partial charge in [-0.1, -0.05) is 47.0 Å². The number of carbonyl (C=O) groups excluding carboxylic acids is 1. The Morgan fingerprint density at radius 2 is 1.68 bits per heavy atom. The van der Waals surface area contributed by atoms with E-state index in [2.05, 4.69) is 5.32 Å². The van der Waals surface area contributed by atoms with Crippen molar-refractivity contribution in [3.05, 3.63) is 81.8 Å². The molecule has 0 heterocycles. The highest BCUT2D eigenvalue weighted by Gasteiger charge is 2.28. The third-order valence-electron chi connectivity index (χ3n) is 5.02. The predicted octanol–water partition coefficient (Wildman–Crippen LogP) is 5.15. The fourth-order valence-electron chi connectivity index (χ4n) is 3.18. The average Bonchev–Trinajstić information content (AvgIpc) is 2.80. The Morgan fingerprint density at radius 1 is 0.971 bits per heavy atom. The number of hydrogen-bond donors (Lipinski definition) is 1. The molecule has 34 heavy (non-hydrogen) atoms.